The monoisotopic (exact) mass is 254 g/mol. The third-order valence-corrected chi connectivity index (χ3v) is 2.84. The van der Waals surface area contributed by atoms with Gasteiger partial charge in [-0.2, -0.15) is 5.26 Å². The van der Waals surface area contributed by atoms with E-state index in [0.717, 1.165) is 11.3 Å². The highest BCUT2D eigenvalue weighted by molar-refractivity contribution is 5.78. The Kier molecular flexibility index (Phi) is 3.99. The molecule has 0 aliphatic carbocycles. The predicted octanol–water partition coefficient (Wildman–Crippen LogP) is 2.35. The first-order chi connectivity index (χ1) is 9.19. The topological polar surface area (TPSA) is 57.2 Å². The maximum atomic E-state index is 12.0. The van der Waals surface area contributed by atoms with Crippen LogP contribution in [0.4, 0.5) is 0 Å². The van der Waals surface area contributed by atoms with Crippen molar-refractivity contribution in [1.29, 1.82) is 5.26 Å². The molecular formula is C15H14N2O2. The molecule has 19 heavy (non-hydrogen) atoms. The molecule has 2 aromatic rings. The van der Waals surface area contributed by atoms with E-state index >= 15 is 0 Å². The van der Waals surface area contributed by atoms with Crippen LogP contribution in [0.5, 0.6) is 0 Å². The Bertz CT molecular complexity index is 580. The van der Waals surface area contributed by atoms with Crippen molar-refractivity contribution < 1.29 is 9.21 Å². The number of carbonyl (C=O) groups excluding carboxylic acids is 1. The van der Waals surface area contributed by atoms with Gasteiger partial charge in [-0.05, 0) is 29.8 Å². The molecule has 0 saturated heterocycles. The number of carbonyl (C=O) groups is 1. The smallest absolute Gasteiger partial charge is 0.227 e. The first kappa shape index (κ1) is 12.9. The van der Waals surface area contributed by atoms with Gasteiger partial charge in [-0.1, -0.05) is 12.1 Å². The molecule has 0 unspecified atom stereocenters. The largest absolute Gasteiger partial charge is 0.467 e. The average Bonchev–Trinajstić information content (AvgIpc) is 2.92. The zero-order chi connectivity index (χ0) is 13.7. The summed E-state index contributed by atoms with van der Waals surface area (Å²) >= 11 is 0. The summed E-state index contributed by atoms with van der Waals surface area (Å²) in [6, 6.07) is 12.7. The van der Waals surface area contributed by atoms with Crippen LogP contribution in [0.1, 0.15) is 16.9 Å². The summed E-state index contributed by atoms with van der Waals surface area (Å²) in [5, 5.41) is 8.71. The number of likely N-dealkylation sites (N-methyl/N-ethyl adjacent to an activating group) is 1. The lowest BCUT2D eigenvalue weighted by Crippen LogP contribution is -2.27. The Balaban J connectivity index is 1.94. The van der Waals surface area contributed by atoms with Gasteiger partial charge in [0.25, 0.3) is 0 Å². The van der Waals surface area contributed by atoms with Crippen LogP contribution in [0.3, 0.4) is 0 Å². The molecular weight excluding hydrogens is 240 g/mol. The van der Waals surface area contributed by atoms with Gasteiger partial charge >= 0.3 is 0 Å². The molecule has 0 bridgehead atoms. The normalized spacial score (nSPS) is 9.89. The van der Waals surface area contributed by atoms with Crippen molar-refractivity contribution in [3.05, 3.63) is 59.5 Å². The molecule has 2 rings (SSSR count). The quantitative estimate of drug-likeness (QED) is 0.841. The number of hydrogen-bond acceptors (Lipinski definition) is 3. The van der Waals surface area contributed by atoms with Gasteiger partial charge in [0.2, 0.25) is 5.91 Å². The van der Waals surface area contributed by atoms with Crippen molar-refractivity contribution in [1.82, 2.24) is 4.90 Å². The lowest BCUT2D eigenvalue weighted by Gasteiger charge is -2.15. The number of nitriles is 1. The van der Waals surface area contributed by atoms with Gasteiger partial charge in [0.1, 0.15) is 5.76 Å². The molecule has 0 aliphatic heterocycles. The maximum Gasteiger partial charge on any atom is 0.227 e. The molecule has 4 nitrogen and oxygen atoms in total. The third-order valence-electron chi connectivity index (χ3n) is 2.84. The molecule has 1 aromatic heterocycles. The maximum absolute atomic E-state index is 12.0. The van der Waals surface area contributed by atoms with E-state index in [1.54, 1.807) is 48.5 Å². The SMILES string of the molecule is CN(Cc1ccco1)C(=O)Cc1ccc(C#N)cc1. The van der Waals surface area contributed by atoms with Crippen molar-refractivity contribution in [2.45, 2.75) is 13.0 Å². The van der Waals surface area contributed by atoms with Crippen molar-refractivity contribution in [3.8, 4) is 6.07 Å². The van der Waals surface area contributed by atoms with E-state index in [9.17, 15) is 4.79 Å². The molecule has 0 spiro atoms. The molecule has 0 atom stereocenters. The Morgan fingerprint density at radius 2 is 2.05 bits per heavy atom. The number of benzene rings is 1. The van der Waals surface area contributed by atoms with Crippen molar-refractivity contribution in [2.24, 2.45) is 0 Å². The first-order valence-corrected chi connectivity index (χ1v) is 5.94. The van der Waals surface area contributed by atoms with E-state index in [0.29, 0.717) is 18.5 Å². The van der Waals surface area contributed by atoms with Crippen molar-refractivity contribution >= 4 is 5.91 Å². The molecule has 0 aliphatic rings. The van der Waals surface area contributed by atoms with Crippen molar-refractivity contribution in [3.63, 3.8) is 0 Å². The van der Waals surface area contributed by atoms with Gasteiger partial charge in [0.15, 0.2) is 0 Å². The lowest BCUT2D eigenvalue weighted by atomic mass is 10.1. The summed E-state index contributed by atoms with van der Waals surface area (Å²) in [6.07, 6.45) is 1.91. The number of amides is 1. The van der Waals surface area contributed by atoms with E-state index < -0.39 is 0 Å². The van der Waals surface area contributed by atoms with Gasteiger partial charge in [-0.25, -0.2) is 0 Å². The second-order valence-corrected chi connectivity index (χ2v) is 4.31. The Hall–Kier alpha value is -2.54. The van der Waals surface area contributed by atoms with Crippen LogP contribution in [0.25, 0.3) is 0 Å². The summed E-state index contributed by atoms with van der Waals surface area (Å²) in [7, 11) is 1.74. The van der Waals surface area contributed by atoms with Crippen LogP contribution in [0, 0.1) is 11.3 Å². The van der Waals surface area contributed by atoms with Crippen LogP contribution in [-0.2, 0) is 17.8 Å². The molecule has 0 saturated carbocycles. The fourth-order valence-electron chi connectivity index (χ4n) is 1.73. The minimum absolute atomic E-state index is 0.0149. The minimum Gasteiger partial charge on any atom is -0.467 e. The van der Waals surface area contributed by atoms with Crippen LogP contribution in [-0.4, -0.2) is 17.9 Å². The van der Waals surface area contributed by atoms with Gasteiger partial charge in [-0.3, -0.25) is 4.79 Å². The number of rotatable bonds is 4. The van der Waals surface area contributed by atoms with Gasteiger partial charge in [0, 0.05) is 7.05 Å². The highest BCUT2D eigenvalue weighted by Crippen LogP contribution is 2.08. The zero-order valence-electron chi connectivity index (χ0n) is 10.7. The minimum atomic E-state index is 0.0149. The first-order valence-electron chi connectivity index (χ1n) is 5.94. The Labute approximate surface area is 111 Å². The number of hydrogen-bond donors (Lipinski definition) is 0. The molecule has 4 heteroatoms. The molecule has 1 amide bonds. The van der Waals surface area contributed by atoms with Gasteiger partial charge in [0.05, 0.1) is 30.9 Å². The van der Waals surface area contributed by atoms with Crippen LogP contribution in [0.2, 0.25) is 0 Å². The summed E-state index contributed by atoms with van der Waals surface area (Å²) in [6.45, 7) is 0.460. The van der Waals surface area contributed by atoms with E-state index in [4.69, 9.17) is 9.68 Å². The van der Waals surface area contributed by atoms with Gasteiger partial charge in [-0.15, -0.1) is 0 Å². The van der Waals surface area contributed by atoms with E-state index in [2.05, 4.69) is 6.07 Å². The summed E-state index contributed by atoms with van der Waals surface area (Å²) < 4.78 is 5.20. The summed E-state index contributed by atoms with van der Waals surface area (Å²) in [4.78, 5) is 13.6. The zero-order valence-corrected chi connectivity index (χ0v) is 10.7. The molecule has 96 valence electrons. The summed E-state index contributed by atoms with van der Waals surface area (Å²) in [5.74, 6) is 0.775. The fraction of sp³-hybridized carbons (Fsp3) is 0.200. The highest BCUT2D eigenvalue weighted by atomic mass is 16.3. The van der Waals surface area contributed by atoms with Crippen molar-refractivity contribution in [2.75, 3.05) is 7.05 Å². The highest BCUT2D eigenvalue weighted by Gasteiger charge is 2.11. The molecule has 1 heterocycles. The number of nitrogens with zero attached hydrogens (tertiary/aromatic N) is 2. The molecule has 1 aromatic carbocycles. The Morgan fingerprint density at radius 3 is 2.63 bits per heavy atom. The molecule has 0 fully saturated rings. The van der Waals surface area contributed by atoms with Crippen LogP contribution in [0.15, 0.2) is 47.1 Å². The van der Waals surface area contributed by atoms with E-state index in [1.807, 2.05) is 6.07 Å². The molecule has 0 radical (unpaired) electrons. The number of furan rings is 1. The molecule has 0 N–H and O–H groups in total. The van der Waals surface area contributed by atoms with Crippen LogP contribution < -0.4 is 0 Å². The average molecular weight is 254 g/mol. The van der Waals surface area contributed by atoms with Gasteiger partial charge < -0.3 is 9.32 Å². The van der Waals surface area contributed by atoms with E-state index in [1.165, 1.54) is 0 Å². The Morgan fingerprint density at radius 1 is 1.32 bits per heavy atom. The summed E-state index contributed by atoms with van der Waals surface area (Å²) in [5.41, 5.74) is 1.50. The predicted molar refractivity (Wildman–Crippen MR) is 70.0 cm³/mol. The third kappa shape index (κ3) is 3.46. The second kappa shape index (κ2) is 5.87. The fourth-order valence-corrected chi connectivity index (χ4v) is 1.73. The van der Waals surface area contributed by atoms with E-state index in [-0.39, 0.29) is 5.91 Å². The standard InChI is InChI=1S/C15H14N2O2/c1-17(11-14-3-2-8-19-14)15(18)9-12-4-6-13(10-16)7-5-12/h2-8H,9,11H2,1H3. The lowest BCUT2D eigenvalue weighted by molar-refractivity contribution is -0.129. The van der Waals surface area contributed by atoms with Crippen LogP contribution >= 0.6 is 0 Å². The second-order valence-electron chi connectivity index (χ2n) is 4.31.